The van der Waals surface area contributed by atoms with Gasteiger partial charge < -0.3 is 10.1 Å². The number of rotatable bonds is 12. The summed E-state index contributed by atoms with van der Waals surface area (Å²) in [5, 5.41) is 3.67. The molecule has 1 fully saturated rings. The minimum atomic E-state index is 0.389. The van der Waals surface area contributed by atoms with E-state index in [0.29, 0.717) is 5.41 Å². The summed E-state index contributed by atoms with van der Waals surface area (Å²) in [5.74, 6) is 0.730. The van der Waals surface area contributed by atoms with Crippen LogP contribution in [-0.2, 0) is 4.74 Å². The van der Waals surface area contributed by atoms with Gasteiger partial charge in [0, 0.05) is 32.8 Å². The smallest absolute Gasteiger partial charge is 0.0589 e. The van der Waals surface area contributed by atoms with Gasteiger partial charge in [0.2, 0.25) is 0 Å². The van der Waals surface area contributed by atoms with E-state index in [1.807, 2.05) is 0 Å². The first-order valence-electron chi connectivity index (χ1n) is 8.44. The van der Waals surface area contributed by atoms with Crippen LogP contribution in [0.15, 0.2) is 0 Å². The summed E-state index contributed by atoms with van der Waals surface area (Å²) in [4.78, 5) is 2.66. The minimum Gasteiger partial charge on any atom is -0.383 e. The number of ether oxygens (including phenoxy) is 1. The third-order valence-electron chi connectivity index (χ3n) is 4.19. The van der Waals surface area contributed by atoms with E-state index in [4.69, 9.17) is 4.74 Å². The second kappa shape index (κ2) is 9.01. The fraction of sp³-hybridized carbons (Fsp3) is 1.00. The number of methoxy groups -OCH3 is 1. The van der Waals surface area contributed by atoms with Crippen molar-refractivity contribution >= 4 is 0 Å². The van der Waals surface area contributed by atoms with E-state index in [-0.39, 0.29) is 0 Å². The summed E-state index contributed by atoms with van der Waals surface area (Å²) in [6, 6.07) is 0.825. The predicted octanol–water partition coefficient (Wildman–Crippen LogP) is 3.15. The van der Waals surface area contributed by atoms with Crippen molar-refractivity contribution in [2.45, 2.75) is 59.4 Å². The molecule has 1 saturated carbocycles. The molecule has 0 spiro atoms. The first-order valence-corrected chi connectivity index (χ1v) is 8.44. The lowest BCUT2D eigenvalue weighted by molar-refractivity contribution is 0.100. The minimum absolute atomic E-state index is 0.389. The number of hydrogen-bond donors (Lipinski definition) is 1. The molecule has 1 aliphatic carbocycles. The van der Waals surface area contributed by atoms with Gasteiger partial charge in [0.25, 0.3) is 0 Å². The van der Waals surface area contributed by atoms with Gasteiger partial charge in [-0.25, -0.2) is 0 Å². The van der Waals surface area contributed by atoms with Crippen LogP contribution in [0.2, 0.25) is 0 Å². The fourth-order valence-corrected chi connectivity index (χ4v) is 3.02. The van der Waals surface area contributed by atoms with Gasteiger partial charge in [0.05, 0.1) is 6.61 Å². The maximum Gasteiger partial charge on any atom is 0.0589 e. The zero-order chi connectivity index (χ0) is 15.0. The Bertz CT molecular complexity index is 253. The van der Waals surface area contributed by atoms with Crippen LogP contribution in [0.3, 0.4) is 0 Å². The van der Waals surface area contributed by atoms with Crippen LogP contribution in [0.1, 0.15) is 53.4 Å². The summed E-state index contributed by atoms with van der Waals surface area (Å²) >= 11 is 0. The van der Waals surface area contributed by atoms with Gasteiger partial charge in [0.1, 0.15) is 0 Å². The monoisotopic (exact) mass is 284 g/mol. The molecule has 0 heterocycles. The maximum absolute atomic E-state index is 5.28. The molecule has 3 nitrogen and oxygen atoms in total. The Hall–Kier alpha value is -0.120. The van der Waals surface area contributed by atoms with Crippen molar-refractivity contribution in [1.82, 2.24) is 10.2 Å². The summed E-state index contributed by atoms with van der Waals surface area (Å²) in [5.41, 5.74) is 0.389. The van der Waals surface area contributed by atoms with Crippen molar-refractivity contribution in [3.63, 3.8) is 0 Å². The molecule has 0 aromatic rings. The molecular formula is C17H36N2O. The molecule has 0 aromatic carbocycles. The highest BCUT2D eigenvalue weighted by Crippen LogP contribution is 2.32. The molecule has 1 unspecified atom stereocenters. The average molecular weight is 284 g/mol. The van der Waals surface area contributed by atoms with Crippen LogP contribution < -0.4 is 5.32 Å². The highest BCUT2D eigenvalue weighted by molar-refractivity contribution is 4.89. The van der Waals surface area contributed by atoms with Gasteiger partial charge in [0.15, 0.2) is 0 Å². The van der Waals surface area contributed by atoms with Gasteiger partial charge in [-0.1, -0.05) is 34.1 Å². The van der Waals surface area contributed by atoms with Crippen LogP contribution >= 0.6 is 0 Å². The largest absolute Gasteiger partial charge is 0.383 e. The average Bonchev–Trinajstić information content (AvgIpc) is 3.18. The van der Waals surface area contributed by atoms with Gasteiger partial charge >= 0.3 is 0 Å². The molecule has 0 bridgehead atoms. The Kier molecular flexibility index (Phi) is 8.08. The molecule has 0 aromatic heterocycles. The number of nitrogens with zero attached hydrogens (tertiary/aromatic N) is 1. The van der Waals surface area contributed by atoms with E-state index in [0.717, 1.165) is 38.2 Å². The summed E-state index contributed by atoms with van der Waals surface area (Å²) in [7, 11) is 1.81. The molecular weight excluding hydrogens is 248 g/mol. The third kappa shape index (κ3) is 7.05. The van der Waals surface area contributed by atoms with E-state index in [1.54, 1.807) is 7.11 Å². The Balaban J connectivity index is 2.48. The highest BCUT2D eigenvalue weighted by Gasteiger charge is 2.34. The van der Waals surface area contributed by atoms with Crippen molar-refractivity contribution in [3.05, 3.63) is 0 Å². The van der Waals surface area contributed by atoms with Crippen LogP contribution in [-0.4, -0.2) is 50.8 Å². The molecule has 0 radical (unpaired) electrons. The van der Waals surface area contributed by atoms with Crippen LogP contribution in [0.5, 0.6) is 0 Å². The molecule has 1 aliphatic rings. The van der Waals surface area contributed by atoms with Crippen LogP contribution in [0, 0.1) is 11.3 Å². The van der Waals surface area contributed by atoms with Gasteiger partial charge in [-0.15, -0.1) is 0 Å². The zero-order valence-electron chi connectivity index (χ0n) is 14.4. The van der Waals surface area contributed by atoms with E-state index in [9.17, 15) is 0 Å². The third-order valence-corrected chi connectivity index (χ3v) is 4.19. The quantitative estimate of drug-likeness (QED) is 0.596. The van der Waals surface area contributed by atoms with E-state index < -0.39 is 0 Å². The van der Waals surface area contributed by atoms with Crippen molar-refractivity contribution < 1.29 is 4.74 Å². The van der Waals surface area contributed by atoms with Crippen molar-refractivity contribution in [1.29, 1.82) is 0 Å². The zero-order valence-corrected chi connectivity index (χ0v) is 14.4. The Morgan fingerprint density at radius 2 is 2.05 bits per heavy atom. The summed E-state index contributed by atoms with van der Waals surface area (Å²) in [6.07, 6.45) is 5.33. The van der Waals surface area contributed by atoms with Crippen molar-refractivity contribution in [2.75, 3.05) is 39.9 Å². The molecule has 3 heteroatoms. The standard InChI is InChI=1S/C17H36N2O/c1-6-9-17(4,13-18-12-15(2)3)14-19(10-11-20-5)16-7-8-16/h15-16,18H,6-14H2,1-5H3. The second-order valence-electron chi connectivity index (χ2n) is 7.28. The number of hydrogen-bond acceptors (Lipinski definition) is 3. The van der Waals surface area contributed by atoms with Crippen molar-refractivity contribution in [2.24, 2.45) is 11.3 Å². The first-order chi connectivity index (χ1) is 9.50. The number of nitrogens with one attached hydrogen (secondary N) is 1. The van der Waals surface area contributed by atoms with E-state index in [2.05, 4.69) is 37.9 Å². The van der Waals surface area contributed by atoms with Crippen LogP contribution in [0.4, 0.5) is 0 Å². The first kappa shape index (κ1) is 17.9. The van der Waals surface area contributed by atoms with E-state index in [1.165, 1.54) is 32.2 Å². The molecule has 0 amide bonds. The lowest BCUT2D eigenvalue weighted by atomic mass is 9.84. The van der Waals surface area contributed by atoms with Gasteiger partial charge in [-0.3, -0.25) is 4.90 Å². The summed E-state index contributed by atoms with van der Waals surface area (Å²) in [6.45, 7) is 14.7. The van der Waals surface area contributed by atoms with Crippen LogP contribution in [0.25, 0.3) is 0 Å². The predicted molar refractivity (Wildman–Crippen MR) is 87.2 cm³/mol. The highest BCUT2D eigenvalue weighted by atomic mass is 16.5. The van der Waals surface area contributed by atoms with Gasteiger partial charge in [-0.05, 0) is 37.1 Å². The lowest BCUT2D eigenvalue weighted by Crippen LogP contribution is -2.44. The molecule has 1 N–H and O–H groups in total. The summed E-state index contributed by atoms with van der Waals surface area (Å²) < 4.78 is 5.28. The molecule has 0 aliphatic heterocycles. The normalized spacial score (nSPS) is 18.8. The van der Waals surface area contributed by atoms with Gasteiger partial charge in [-0.2, -0.15) is 0 Å². The Morgan fingerprint density at radius 1 is 1.35 bits per heavy atom. The van der Waals surface area contributed by atoms with Crippen molar-refractivity contribution in [3.8, 4) is 0 Å². The molecule has 1 atom stereocenters. The molecule has 20 heavy (non-hydrogen) atoms. The fourth-order valence-electron chi connectivity index (χ4n) is 3.02. The molecule has 0 saturated heterocycles. The molecule has 120 valence electrons. The lowest BCUT2D eigenvalue weighted by Gasteiger charge is -2.36. The SMILES string of the molecule is CCCC(C)(CNCC(C)C)CN(CCOC)C1CC1. The Morgan fingerprint density at radius 3 is 2.55 bits per heavy atom. The maximum atomic E-state index is 5.28. The second-order valence-corrected chi connectivity index (χ2v) is 7.28. The molecule has 1 rings (SSSR count). The topological polar surface area (TPSA) is 24.5 Å². The van der Waals surface area contributed by atoms with E-state index >= 15 is 0 Å². The Labute approximate surface area is 126 Å².